The summed E-state index contributed by atoms with van der Waals surface area (Å²) in [4.78, 5) is 12.0. The number of nitrogens with two attached hydrogens (primary N) is 1. The van der Waals surface area contributed by atoms with Crippen molar-refractivity contribution in [1.29, 1.82) is 0 Å². The van der Waals surface area contributed by atoms with E-state index in [1.807, 2.05) is 7.05 Å². The van der Waals surface area contributed by atoms with Gasteiger partial charge in [-0.2, -0.15) is 0 Å². The third-order valence-corrected chi connectivity index (χ3v) is 3.05. The molecule has 0 spiro atoms. The molecule has 1 aromatic rings. The lowest BCUT2D eigenvalue weighted by Gasteiger charge is -2.27. The number of hydrogen-bond acceptors (Lipinski definition) is 1. The monoisotopic (exact) mass is 235 g/mol. The Balaban J connectivity index is 2.73. The maximum Gasteiger partial charge on any atom is 0.272 e. The molecule has 0 bridgehead atoms. The van der Waals surface area contributed by atoms with Gasteiger partial charge in [-0.05, 0) is 12.5 Å². The van der Waals surface area contributed by atoms with E-state index in [9.17, 15) is 4.79 Å². The summed E-state index contributed by atoms with van der Waals surface area (Å²) in [6.45, 7) is 7.75. The van der Waals surface area contributed by atoms with E-state index in [4.69, 9.17) is 5.73 Å². The van der Waals surface area contributed by atoms with Crippen LogP contribution in [0.2, 0.25) is 0 Å². The lowest BCUT2D eigenvalue weighted by atomic mass is 9.84. The van der Waals surface area contributed by atoms with Gasteiger partial charge in [-0.25, -0.2) is 0 Å². The van der Waals surface area contributed by atoms with Gasteiger partial charge in [0.25, 0.3) is 5.91 Å². The van der Waals surface area contributed by atoms with E-state index < -0.39 is 0 Å². The molecular weight excluding hydrogens is 212 g/mol. The van der Waals surface area contributed by atoms with Crippen molar-refractivity contribution in [3.63, 3.8) is 0 Å². The summed E-state index contributed by atoms with van der Waals surface area (Å²) in [6, 6.07) is 8.57. The van der Waals surface area contributed by atoms with Gasteiger partial charge in [0.2, 0.25) is 0 Å². The van der Waals surface area contributed by atoms with E-state index in [2.05, 4.69) is 45.0 Å². The first-order valence-electron chi connectivity index (χ1n) is 5.98. The number of likely N-dealkylation sites (N-methyl/N-ethyl adjacent to an activating group) is 1. The van der Waals surface area contributed by atoms with Gasteiger partial charge in [0.05, 0.1) is 13.6 Å². The number of primary amides is 1. The van der Waals surface area contributed by atoms with Crippen LogP contribution in [-0.4, -0.2) is 26.0 Å². The fraction of sp³-hybridized carbons (Fsp3) is 0.500. The summed E-state index contributed by atoms with van der Waals surface area (Å²) in [7, 11) is 2.00. The lowest BCUT2D eigenvalue weighted by molar-refractivity contribution is -0.875. The maximum absolute atomic E-state index is 10.9. The topological polar surface area (TPSA) is 47.5 Å². The summed E-state index contributed by atoms with van der Waals surface area (Å²) in [5, 5.41) is 0. The SMILES string of the molecule is Cc1ccc(C(C)(C)C[NH+](C)CC(N)=O)cc1. The Morgan fingerprint density at radius 2 is 1.82 bits per heavy atom. The molecule has 3 nitrogen and oxygen atoms in total. The number of hydrogen-bond donors (Lipinski definition) is 2. The van der Waals surface area contributed by atoms with E-state index in [1.54, 1.807) is 0 Å². The average molecular weight is 235 g/mol. The summed E-state index contributed by atoms with van der Waals surface area (Å²) >= 11 is 0. The Hall–Kier alpha value is -1.35. The van der Waals surface area contributed by atoms with Crippen LogP contribution in [0.5, 0.6) is 0 Å². The van der Waals surface area contributed by atoms with E-state index in [0.717, 1.165) is 11.4 Å². The van der Waals surface area contributed by atoms with Crippen LogP contribution in [0, 0.1) is 6.92 Å². The van der Waals surface area contributed by atoms with Gasteiger partial charge >= 0.3 is 0 Å². The van der Waals surface area contributed by atoms with Crippen molar-refractivity contribution in [3.05, 3.63) is 35.4 Å². The van der Waals surface area contributed by atoms with Crippen LogP contribution in [0.15, 0.2) is 24.3 Å². The molecule has 0 heterocycles. The molecule has 0 aliphatic carbocycles. The smallest absolute Gasteiger partial charge is 0.272 e. The molecule has 0 fully saturated rings. The first kappa shape index (κ1) is 13.7. The largest absolute Gasteiger partial charge is 0.365 e. The molecule has 1 amide bonds. The molecule has 1 unspecified atom stereocenters. The highest BCUT2D eigenvalue weighted by Crippen LogP contribution is 2.21. The van der Waals surface area contributed by atoms with Gasteiger partial charge in [-0.15, -0.1) is 0 Å². The molecule has 0 aliphatic rings. The number of rotatable bonds is 5. The van der Waals surface area contributed by atoms with Crippen molar-refractivity contribution in [2.24, 2.45) is 5.73 Å². The number of carbonyl (C=O) groups excluding carboxylic acids is 1. The highest BCUT2D eigenvalue weighted by molar-refractivity contribution is 5.74. The van der Waals surface area contributed by atoms with Gasteiger partial charge < -0.3 is 10.6 Å². The van der Waals surface area contributed by atoms with Crippen molar-refractivity contribution >= 4 is 5.91 Å². The normalized spacial score (nSPS) is 13.4. The summed E-state index contributed by atoms with van der Waals surface area (Å²) in [5.74, 6) is -0.248. The van der Waals surface area contributed by atoms with Gasteiger partial charge in [0.15, 0.2) is 6.54 Å². The molecule has 3 heteroatoms. The first-order valence-corrected chi connectivity index (χ1v) is 5.98. The minimum absolute atomic E-state index is 0.0488. The number of amides is 1. The predicted molar refractivity (Wildman–Crippen MR) is 70.0 cm³/mol. The van der Waals surface area contributed by atoms with Crippen LogP contribution in [0.4, 0.5) is 0 Å². The van der Waals surface area contributed by atoms with Crippen molar-refractivity contribution in [2.45, 2.75) is 26.2 Å². The molecule has 3 N–H and O–H groups in total. The zero-order valence-electron chi connectivity index (χ0n) is 11.2. The summed E-state index contributed by atoms with van der Waals surface area (Å²) in [5.41, 5.74) is 7.82. The third kappa shape index (κ3) is 4.19. The van der Waals surface area contributed by atoms with Crippen LogP contribution in [-0.2, 0) is 10.2 Å². The van der Waals surface area contributed by atoms with Crippen molar-refractivity contribution < 1.29 is 9.69 Å². The van der Waals surface area contributed by atoms with E-state index in [1.165, 1.54) is 11.1 Å². The molecule has 0 saturated heterocycles. The minimum Gasteiger partial charge on any atom is -0.365 e. The maximum atomic E-state index is 10.9. The Morgan fingerprint density at radius 1 is 1.29 bits per heavy atom. The van der Waals surface area contributed by atoms with Gasteiger partial charge in [-0.1, -0.05) is 43.7 Å². The highest BCUT2D eigenvalue weighted by atomic mass is 16.1. The fourth-order valence-corrected chi connectivity index (χ4v) is 2.22. The Kier molecular flexibility index (Phi) is 4.29. The van der Waals surface area contributed by atoms with Gasteiger partial charge in [0.1, 0.15) is 0 Å². The summed E-state index contributed by atoms with van der Waals surface area (Å²) < 4.78 is 0. The molecule has 94 valence electrons. The molecule has 0 saturated carbocycles. The van der Waals surface area contributed by atoms with Crippen LogP contribution in [0.25, 0.3) is 0 Å². The third-order valence-electron chi connectivity index (χ3n) is 3.05. The number of carbonyl (C=O) groups is 1. The number of aryl methyl sites for hydroxylation is 1. The molecule has 17 heavy (non-hydrogen) atoms. The molecule has 1 rings (SSSR count). The van der Waals surface area contributed by atoms with E-state index in [0.29, 0.717) is 6.54 Å². The molecule has 1 aromatic carbocycles. The first-order chi connectivity index (χ1) is 7.81. The highest BCUT2D eigenvalue weighted by Gasteiger charge is 2.25. The Bertz CT molecular complexity index is 382. The second-order valence-electron chi connectivity index (χ2n) is 5.53. The molecule has 1 atom stereocenters. The quantitative estimate of drug-likeness (QED) is 0.756. The Labute approximate surface area is 104 Å². The number of nitrogens with one attached hydrogen (secondary N) is 1. The minimum atomic E-state index is -0.248. The number of quaternary nitrogens is 1. The van der Waals surface area contributed by atoms with Gasteiger partial charge in [0, 0.05) is 5.41 Å². The zero-order chi connectivity index (χ0) is 13.1. The zero-order valence-corrected chi connectivity index (χ0v) is 11.2. The lowest BCUT2D eigenvalue weighted by Crippen LogP contribution is -3.11. The number of benzene rings is 1. The summed E-state index contributed by atoms with van der Waals surface area (Å²) in [6.07, 6.45) is 0. The van der Waals surface area contributed by atoms with E-state index in [-0.39, 0.29) is 11.3 Å². The van der Waals surface area contributed by atoms with Crippen molar-refractivity contribution in [2.75, 3.05) is 20.1 Å². The fourth-order valence-electron chi connectivity index (χ4n) is 2.22. The van der Waals surface area contributed by atoms with Gasteiger partial charge in [-0.3, -0.25) is 4.79 Å². The molecule has 0 aromatic heterocycles. The van der Waals surface area contributed by atoms with E-state index >= 15 is 0 Å². The second kappa shape index (κ2) is 5.32. The van der Waals surface area contributed by atoms with Crippen LogP contribution in [0.1, 0.15) is 25.0 Å². The predicted octanol–water partition coefficient (Wildman–Crippen LogP) is 0.273. The average Bonchev–Trinajstić information content (AvgIpc) is 2.15. The molecule has 0 aliphatic heterocycles. The van der Waals surface area contributed by atoms with Crippen LogP contribution >= 0.6 is 0 Å². The second-order valence-corrected chi connectivity index (χ2v) is 5.53. The molecule has 0 radical (unpaired) electrons. The van der Waals surface area contributed by atoms with Crippen molar-refractivity contribution in [3.8, 4) is 0 Å². The van der Waals surface area contributed by atoms with Crippen molar-refractivity contribution in [1.82, 2.24) is 0 Å². The Morgan fingerprint density at radius 3 is 2.29 bits per heavy atom. The van der Waals surface area contributed by atoms with Crippen LogP contribution in [0.3, 0.4) is 0 Å². The van der Waals surface area contributed by atoms with Crippen LogP contribution < -0.4 is 10.6 Å². The molecular formula is C14H23N2O+. The standard InChI is InChI=1S/C14H22N2O/c1-11-5-7-12(8-6-11)14(2,3)10-16(4)9-13(15)17/h5-8H,9-10H2,1-4H3,(H2,15,17)/p+1.